The van der Waals surface area contributed by atoms with Crippen molar-refractivity contribution in [2.45, 2.75) is 39.7 Å². The Morgan fingerprint density at radius 1 is 1.29 bits per heavy atom. The number of hydrogen-bond donors (Lipinski definition) is 0. The van der Waals surface area contributed by atoms with Crippen molar-refractivity contribution in [1.29, 1.82) is 0 Å². The number of rotatable bonds is 2. The molecule has 82 valence electrons. The summed E-state index contributed by atoms with van der Waals surface area (Å²) in [4.78, 5) is 1.80. The number of nitrogens with zero attached hydrogens (tertiary/aromatic N) is 1. The maximum atomic E-state index is 13.6. The van der Waals surface area contributed by atoms with Crippen molar-refractivity contribution in [1.82, 2.24) is 4.90 Å². The van der Waals surface area contributed by atoms with E-state index in [0.717, 1.165) is 0 Å². The first-order chi connectivity index (χ1) is 6.34. The standard InChI is InChI=1S/C11H19F2N/c1-8(2)10-5-6-14(9(3)4)7-11(10,12)13/h5,8-9H,6-7H2,1-4H3. The highest BCUT2D eigenvalue weighted by Gasteiger charge is 2.40. The molecule has 1 aliphatic rings. The topological polar surface area (TPSA) is 3.24 Å². The summed E-state index contributed by atoms with van der Waals surface area (Å²) in [7, 11) is 0. The Hall–Kier alpha value is -0.440. The summed E-state index contributed by atoms with van der Waals surface area (Å²) in [6, 6.07) is 0.186. The van der Waals surface area contributed by atoms with E-state index in [1.807, 2.05) is 27.7 Å². The van der Waals surface area contributed by atoms with Gasteiger partial charge in [0.2, 0.25) is 0 Å². The average molecular weight is 203 g/mol. The lowest BCUT2D eigenvalue weighted by Crippen LogP contribution is -2.46. The van der Waals surface area contributed by atoms with Crippen molar-refractivity contribution in [3.63, 3.8) is 0 Å². The zero-order chi connectivity index (χ0) is 10.9. The van der Waals surface area contributed by atoms with Gasteiger partial charge in [0.05, 0.1) is 6.54 Å². The molecule has 0 bridgehead atoms. The summed E-state index contributed by atoms with van der Waals surface area (Å²) in [5, 5.41) is 0. The van der Waals surface area contributed by atoms with Gasteiger partial charge in [-0.05, 0) is 25.3 Å². The molecular formula is C11H19F2N. The number of hydrogen-bond acceptors (Lipinski definition) is 1. The van der Waals surface area contributed by atoms with Crippen LogP contribution in [0.1, 0.15) is 27.7 Å². The molecule has 0 spiro atoms. The fourth-order valence-electron chi connectivity index (χ4n) is 1.83. The van der Waals surface area contributed by atoms with E-state index >= 15 is 0 Å². The van der Waals surface area contributed by atoms with Gasteiger partial charge >= 0.3 is 0 Å². The minimum atomic E-state index is -2.64. The molecule has 1 nitrogen and oxygen atoms in total. The van der Waals surface area contributed by atoms with Crippen LogP contribution in [0.2, 0.25) is 0 Å². The minimum absolute atomic E-state index is 0.0562. The molecular weight excluding hydrogens is 184 g/mol. The predicted molar refractivity (Wildman–Crippen MR) is 54.6 cm³/mol. The van der Waals surface area contributed by atoms with Crippen LogP contribution in [0.3, 0.4) is 0 Å². The largest absolute Gasteiger partial charge is 0.291 e. The summed E-state index contributed by atoms with van der Waals surface area (Å²) >= 11 is 0. The smallest absolute Gasteiger partial charge is 0.282 e. The van der Waals surface area contributed by atoms with Crippen LogP contribution in [0.15, 0.2) is 11.6 Å². The highest BCUT2D eigenvalue weighted by molar-refractivity contribution is 5.20. The molecule has 0 unspecified atom stereocenters. The van der Waals surface area contributed by atoms with Crippen molar-refractivity contribution in [3.05, 3.63) is 11.6 Å². The maximum absolute atomic E-state index is 13.6. The first-order valence-corrected chi connectivity index (χ1v) is 5.17. The fraction of sp³-hybridized carbons (Fsp3) is 0.818. The highest BCUT2D eigenvalue weighted by atomic mass is 19.3. The van der Waals surface area contributed by atoms with Crippen LogP contribution < -0.4 is 0 Å². The van der Waals surface area contributed by atoms with Gasteiger partial charge in [0.1, 0.15) is 0 Å². The first kappa shape index (κ1) is 11.6. The predicted octanol–water partition coefficient (Wildman–Crippen LogP) is 2.93. The molecule has 0 aromatic rings. The van der Waals surface area contributed by atoms with Crippen LogP contribution in [-0.2, 0) is 0 Å². The molecule has 0 saturated carbocycles. The van der Waals surface area contributed by atoms with Crippen LogP contribution in [0, 0.1) is 5.92 Å². The van der Waals surface area contributed by atoms with Crippen molar-refractivity contribution in [2.75, 3.05) is 13.1 Å². The van der Waals surface area contributed by atoms with E-state index in [1.54, 1.807) is 11.0 Å². The van der Waals surface area contributed by atoms with Gasteiger partial charge in [0.25, 0.3) is 5.92 Å². The molecule has 0 N–H and O–H groups in total. The van der Waals surface area contributed by atoms with E-state index in [-0.39, 0.29) is 18.5 Å². The summed E-state index contributed by atoms with van der Waals surface area (Å²) in [5.41, 5.74) is 0.300. The summed E-state index contributed by atoms with van der Waals surface area (Å²) in [6.07, 6.45) is 1.69. The SMILES string of the molecule is CC(C)C1=CCN(C(C)C)CC1(F)F. The second-order valence-corrected chi connectivity index (χ2v) is 4.54. The molecule has 0 saturated heterocycles. The third-order valence-corrected chi connectivity index (χ3v) is 2.72. The van der Waals surface area contributed by atoms with Gasteiger partial charge in [-0.2, -0.15) is 0 Å². The molecule has 3 heteroatoms. The quantitative estimate of drug-likeness (QED) is 0.624. The summed E-state index contributed by atoms with van der Waals surface area (Å²) < 4.78 is 27.2. The Kier molecular flexibility index (Phi) is 3.30. The second-order valence-electron chi connectivity index (χ2n) is 4.54. The number of halogens is 2. The highest BCUT2D eigenvalue weighted by Crippen LogP contribution is 2.34. The van der Waals surface area contributed by atoms with Crippen LogP contribution in [0.4, 0.5) is 8.78 Å². The molecule has 0 radical (unpaired) electrons. The molecule has 1 aliphatic heterocycles. The van der Waals surface area contributed by atoms with Crippen molar-refractivity contribution in [3.8, 4) is 0 Å². The monoisotopic (exact) mass is 203 g/mol. The van der Waals surface area contributed by atoms with Gasteiger partial charge < -0.3 is 0 Å². The van der Waals surface area contributed by atoms with Gasteiger partial charge in [-0.1, -0.05) is 19.9 Å². The molecule has 14 heavy (non-hydrogen) atoms. The van der Waals surface area contributed by atoms with Crippen molar-refractivity contribution in [2.24, 2.45) is 5.92 Å². The average Bonchev–Trinajstić information content (AvgIpc) is 2.01. The van der Waals surface area contributed by atoms with Crippen LogP contribution in [0.25, 0.3) is 0 Å². The van der Waals surface area contributed by atoms with E-state index in [4.69, 9.17) is 0 Å². The third kappa shape index (κ3) is 2.32. The molecule has 0 fully saturated rings. The second kappa shape index (κ2) is 3.97. The number of alkyl halides is 2. The lowest BCUT2D eigenvalue weighted by atomic mass is 9.93. The van der Waals surface area contributed by atoms with E-state index in [2.05, 4.69) is 0 Å². The van der Waals surface area contributed by atoms with Crippen molar-refractivity contribution < 1.29 is 8.78 Å². The Morgan fingerprint density at radius 2 is 1.86 bits per heavy atom. The zero-order valence-electron chi connectivity index (χ0n) is 9.35. The molecule has 0 atom stereocenters. The first-order valence-electron chi connectivity index (χ1n) is 5.17. The van der Waals surface area contributed by atoms with Crippen molar-refractivity contribution >= 4 is 0 Å². The van der Waals surface area contributed by atoms with Gasteiger partial charge in [0.15, 0.2) is 0 Å². The molecule has 0 aliphatic carbocycles. The third-order valence-electron chi connectivity index (χ3n) is 2.72. The molecule has 0 amide bonds. The van der Waals surface area contributed by atoms with Crippen LogP contribution in [0.5, 0.6) is 0 Å². The van der Waals surface area contributed by atoms with E-state index < -0.39 is 5.92 Å². The molecule has 1 heterocycles. The van der Waals surface area contributed by atoms with E-state index in [0.29, 0.717) is 12.1 Å². The normalized spacial score (nSPS) is 23.0. The van der Waals surface area contributed by atoms with Gasteiger partial charge in [-0.15, -0.1) is 0 Å². The van der Waals surface area contributed by atoms with E-state index in [1.165, 1.54) is 0 Å². The van der Waals surface area contributed by atoms with Gasteiger partial charge in [-0.25, -0.2) is 8.78 Å². The van der Waals surface area contributed by atoms with E-state index in [9.17, 15) is 8.78 Å². The summed E-state index contributed by atoms with van der Waals surface area (Å²) in [5.74, 6) is -2.70. The maximum Gasteiger partial charge on any atom is 0.282 e. The lowest BCUT2D eigenvalue weighted by Gasteiger charge is -2.36. The lowest BCUT2D eigenvalue weighted by molar-refractivity contribution is -0.0194. The Balaban J connectivity index is 2.82. The molecule has 0 aromatic carbocycles. The minimum Gasteiger partial charge on any atom is -0.291 e. The zero-order valence-corrected chi connectivity index (χ0v) is 9.35. The van der Waals surface area contributed by atoms with Crippen LogP contribution in [-0.4, -0.2) is 30.0 Å². The van der Waals surface area contributed by atoms with Crippen LogP contribution >= 0.6 is 0 Å². The van der Waals surface area contributed by atoms with Gasteiger partial charge in [-0.3, -0.25) is 4.90 Å². The Labute approximate surface area is 84.8 Å². The fourth-order valence-corrected chi connectivity index (χ4v) is 1.83. The molecule has 0 aromatic heterocycles. The summed E-state index contributed by atoms with van der Waals surface area (Å²) in [6.45, 7) is 8.07. The Bertz CT molecular complexity index is 231. The van der Waals surface area contributed by atoms with Gasteiger partial charge in [0, 0.05) is 12.6 Å². The molecule has 1 rings (SSSR count). The Morgan fingerprint density at radius 3 is 2.21 bits per heavy atom.